The number of benzene rings is 2. The second-order valence-electron chi connectivity index (χ2n) is 5.73. The number of hydrogen-bond donors (Lipinski definition) is 0. The minimum absolute atomic E-state index is 0.285. The van der Waals surface area contributed by atoms with E-state index in [4.69, 9.17) is 9.47 Å². The van der Waals surface area contributed by atoms with Gasteiger partial charge in [0.25, 0.3) is 0 Å². The molecular weight excluding hydrogens is 272 g/mol. The zero-order valence-electron chi connectivity index (χ0n) is 12.8. The third-order valence-electron chi connectivity index (χ3n) is 4.56. The van der Waals surface area contributed by atoms with Gasteiger partial charge < -0.3 is 9.47 Å². The molecule has 0 saturated heterocycles. The van der Waals surface area contributed by atoms with Gasteiger partial charge in [-0.3, -0.25) is 0 Å². The first-order chi connectivity index (χ1) is 10.8. The number of ether oxygens (including phenoxy) is 2. The van der Waals surface area contributed by atoms with Crippen LogP contribution in [0.2, 0.25) is 0 Å². The molecule has 110 valence electrons. The molecule has 2 heteroatoms. The van der Waals surface area contributed by atoms with E-state index in [1.807, 2.05) is 6.07 Å². The lowest BCUT2D eigenvalue weighted by Gasteiger charge is -2.17. The molecule has 0 aromatic heterocycles. The molecule has 22 heavy (non-hydrogen) atoms. The Kier molecular flexibility index (Phi) is 3.04. The minimum Gasteiger partial charge on any atom is -0.497 e. The summed E-state index contributed by atoms with van der Waals surface area (Å²) in [4.78, 5) is 0. The highest BCUT2D eigenvalue weighted by atomic mass is 16.5. The van der Waals surface area contributed by atoms with Gasteiger partial charge in [0.2, 0.25) is 0 Å². The maximum atomic E-state index is 5.49. The lowest BCUT2D eigenvalue weighted by Crippen LogP contribution is -2.01. The molecule has 2 aromatic carbocycles. The summed E-state index contributed by atoms with van der Waals surface area (Å²) in [6.45, 7) is 0. The van der Waals surface area contributed by atoms with Crippen LogP contribution in [0.25, 0.3) is 12.2 Å². The van der Waals surface area contributed by atoms with Crippen LogP contribution in [0.5, 0.6) is 11.5 Å². The lowest BCUT2D eigenvalue weighted by atomic mass is 9.88. The molecule has 0 bridgehead atoms. The number of fused-ring (bicyclic) bond motifs is 2. The average Bonchev–Trinajstić information content (AvgIpc) is 3.19. The highest BCUT2D eigenvalue weighted by Gasteiger charge is 2.24. The first-order valence-corrected chi connectivity index (χ1v) is 7.53. The summed E-state index contributed by atoms with van der Waals surface area (Å²) in [6.07, 6.45) is 9.91. The van der Waals surface area contributed by atoms with E-state index < -0.39 is 0 Å². The second-order valence-corrected chi connectivity index (χ2v) is 5.73. The standard InChI is InChI=1S/C20H18O2/c1-21-15-7-9-18-14(10-15)6-8-19(18)20-12-16(22-2)11-13-4-3-5-17(13)20/h3,5-12,19H,4H2,1-2H3. The zero-order chi connectivity index (χ0) is 15.1. The topological polar surface area (TPSA) is 18.5 Å². The first-order valence-electron chi connectivity index (χ1n) is 7.53. The summed E-state index contributed by atoms with van der Waals surface area (Å²) in [5, 5.41) is 0. The van der Waals surface area contributed by atoms with E-state index in [9.17, 15) is 0 Å². The third-order valence-corrected chi connectivity index (χ3v) is 4.56. The van der Waals surface area contributed by atoms with Crippen LogP contribution in [0, 0.1) is 0 Å². The number of hydrogen-bond acceptors (Lipinski definition) is 2. The summed E-state index contributed by atoms with van der Waals surface area (Å²) < 4.78 is 10.8. The Hall–Kier alpha value is -2.48. The molecule has 2 nitrogen and oxygen atoms in total. The van der Waals surface area contributed by atoms with E-state index in [2.05, 4.69) is 48.6 Å². The lowest BCUT2D eigenvalue weighted by molar-refractivity contribution is 0.413. The van der Waals surface area contributed by atoms with Gasteiger partial charge in [0.05, 0.1) is 14.2 Å². The molecule has 0 saturated carbocycles. The van der Waals surface area contributed by atoms with E-state index in [1.165, 1.54) is 27.8 Å². The molecular formula is C20H18O2. The molecule has 1 unspecified atom stereocenters. The zero-order valence-corrected chi connectivity index (χ0v) is 12.8. The molecule has 0 amide bonds. The molecule has 0 aliphatic heterocycles. The summed E-state index contributed by atoms with van der Waals surface area (Å²) in [5.41, 5.74) is 6.59. The fourth-order valence-corrected chi connectivity index (χ4v) is 3.44. The van der Waals surface area contributed by atoms with Crippen molar-refractivity contribution in [1.29, 1.82) is 0 Å². The van der Waals surface area contributed by atoms with Crippen molar-refractivity contribution in [2.45, 2.75) is 12.3 Å². The van der Waals surface area contributed by atoms with Gasteiger partial charge in [-0.25, -0.2) is 0 Å². The summed E-state index contributed by atoms with van der Waals surface area (Å²) >= 11 is 0. The first kappa shape index (κ1) is 13.2. The monoisotopic (exact) mass is 290 g/mol. The van der Waals surface area contributed by atoms with Gasteiger partial charge in [-0.2, -0.15) is 0 Å². The van der Waals surface area contributed by atoms with Gasteiger partial charge in [-0.1, -0.05) is 30.4 Å². The molecule has 0 N–H and O–H groups in total. The fourth-order valence-electron chi connectivity index (χ4n) is 3.44. The van der Waals surface area contributed by atoms with Gasteiger partial charge >= 0.3 is 0 Å². The Balaban J connectivity index is 1.84. The van der Waals surface area contributed by atoms with Crippen molar-refractivity contribution in [3.63, 3.8) is 0 Å². The molecule has 0 heterocycles. The Bertz CT molecular complexity index is 800. The highest BCUT2D eigenvalue weighted by Crippen LogP contribution is 2.42. The number of rotatable bonds is 3. The minimum atomic E-state index is 0.285. The normalized spacial score (nSPS) is 17.5. The van der Waals surface area contributed by atoms with Crippen molar-refractivity contribution in [3.05, 3.63) is 70.3 Å². The van der Waals surface area contributed by atoms with Crippen LogP contribution in [-0.4, -0.2) is 14.2 Å². The van der Waals surface area contributed by atoms with Crippen LogP contribution in [0.15, 0.2) is 42.5 Å². The van der Waals surface area contributed by atoms with Crippen molar-refractivity contribution in [1.82, 2.24) is 0 Å². The van der Waals surface area contributed by atoms with Crippen LogP contribution >= 0.6 is 0 Å². The summed E-state index contributed by atoms with van der Waals surface area (Å²) in [7, 11) is 3.44. The largest absolute Gasteiger partial charge is 0.497 e. The van der Waals surface area contributed by atoms with Gasteiger partial charge in [0.15, 0.2) is 0 Å². The van der Waals surface area contributed by atoms with Crippen molar-refractivity contribution in [3.8, 4) is 11.5 Å². The Morgan fingerprint density at radius 2 is 1.77 bits per heavy atom. The van der Waals surface area contributed by atoms with E-state index in [-0.39, 0.29) is 5.92 Å². The Labute approximate surface area is 130 Å². The van der Waals surface area contributed by atoms with Crippen molar-refractivity contribution in [2.24, 2.45) is 0 Å². The molecule has 2 aliphatic carbocycles. The number of methoxy groups -OCH3 is 2. The van der Waals surface area contributed by atoms with Crippen LogP contribution in [-0.2, 0) is 6.42 Å². The molecule has 0 fully saturated rings. The molecule has 4 rings (SSSR count). The second kappa shape index (κ2) is 5.06. The average molecular weight is 290 g/mol. The molecule has 2 aromatic rings. The van der Waals surface area contributed by atoms with Gasteiger partial charge in [-0.05, 0) is 58.5 Å². The predicted octanol–water partition coefficient (Wildman–Crippen LogP) is 4.43. The van der Waals surface area contributed by atoms with Gasteiger partial charge in [0.1, 0.15) is 11.5 Å². The van der Waals surface area contributed by atoms with Crippen molar-refractivity contribution in [2.75, 3.05) is 14.2 Å². The molecule has 2 aliphatic rings. The molecule has 1 atom stereocenters. The summed E-state index contributed by atoms with van der Waals surface area (Å²) in [5.74, 6) is 2.13. The number of allylic oxidation sites excluding steroid dienone is 2. The van der Waals surface area contributed by atoms with Gasteiger partial charge in [0, 0.05) is 5.92 Å². The fraction of sp³-hybridized carbons (Fsp3) is 0.200. The molecule has 0 spiro atoms. The van der Waals surface area contributed by atoms with E-state index in [1.54, 1.807) is 14.2 Å². The molecule has 0 radical (unpaired) electrons. The van der Waals surface area contributed by atoms with Crippen LogP contribution in [0.4, 0.5) is 0 Å². The maximum absolute atomic E-state index is 5.49. The Morgan fingerprint density at radius 3 is 2.59 bits per heavy atom. The predicted molar refractivity (Wildman–Crippen MR) is 89.6 cm³/mol. The van der Waals surface area contributed by atoms with E-state index in [0.29, 0.717) is 0 Å². The van der Waals surface area contributed by atoms with E-state index in [0.717, 1.165) is 17.9 Å². The van der Waals surface area contributed by atoms with Crippen LogP contribution < -0.4 is 9.47 Å². The summed E-state index contributed by atoms with van der Waals surface area (Å²) in [6, 6.07) is 10.6. The van der Waals surface area contributed by atoms with E-state index >= 15 is 0 Å². The third kappa shape index (κ3) is 1.95. The van der Waals surface area contributed by atoms with Crippen LogP contribution in [0.1, 0.15) is 33.7 Å². The smallest absolute Gasteiger partial charge is 0.119 e. The highest BCUT2D eigenvalue weighted by molar-refractivity contribution is 5.72. The van der Waals surface area contributed by atoms with Crippen molar-refractivity contribution < 1.29 is 9.47 Å². The SMILES string of the molecule is COc1ccc2c(c1)C=CC2c1cc(OC)cc2c1C=CC2. The van der Waals surface area contributed by atoms with Crippen LogP contribution in [0.3, 0.4) is 0 Å². The maximum Gasteiger partial charge on any atom is 0.119 e. The quantitative estimate of drug-likeness (QED) is 0.832. The van der Waals surface area contributed by atoms with Crippen molar-refractivity contribution >= 4 is 12.2 Å². The van der Waals surface area contributed by atoms with Gasteiger partial charge in [-0.15, -0.1) is 0 Å². The Morgan fingerprint density at radius 1 is 0.909 bits per heavy atom.